The molecule has 128 valence electrons. The van der Waals surface area contributed by atoms with Gasteiger partial charge >= 0.3 is 0 Å². The summed E-state index contributed by atoms with van der Waals surface area (Å²) in [5.74, 6) is 1.58. The zero-order valence-corrected chi connectivity index (χ0v) is 15.4. The van der Waals surface area contributed by atoms with E-state index in [-0.39, 0.29) is 5.91 Å². The van der Waals surface area contributed by atoms with Crippen molar-refractivity contribution in [3.63, 3.8) is 0 Å². The Bertz CT molecular complexity index is 655. The van der Waals surface area contributed by atoms with E-state index in [0.717, 1.165) is 28.5 Å². The van der Waals surface area contributed by atoms with Gasteiger partial charge in [-0.1, -0.05) is 45.0 Å². The Morgan fingerprint density at radius 3 is 2.42 bits per heavy atom. The van der Waals surface area contributed by atoms with Crippen LogP contribution in [-0.4, -0.2) is 17.8 Å². The second-order valence-corrected chi connectivity index (χ2v) is 6.74. The van der Waals surface area contributed by atoms with Crippen LogP contribution in [0.15, 0.2) is 53.4 Å². The molecule has 0 aliphatic carbocycles. The van der Waals surface area contributed by atoms with E-state index in [1.54, 1.807) is 11.8 Å². The van der Waals surface area contributed by atoms with Crippen molar-refractivity contribution in [3.05, 3.63) is 54.1 Å². The minimum Gasteiger partial charge on any atom is -0.481 e. The molecule has 1 amide bonds. The van der Waals surface area contributed by atoms with Gasteiger partial charge in [-0.25, -0.2) is 0 Å². The van der Waals surface area contributed by atoms with Crippen molar-refractivity contribution in [1.29, 1.82) is 0 Å². The molecule has 1 N–H and O–H groups in total. The predicted molar refractivity (Wildman–Crippen MR) is 102 cm³/mol. The highest BCUT2D eigenvalue weighted by Crippen LogP contribution is 2.27. The molecule has 0 spiro atoms. The van der Waals surface area contributed by atoms with Crippen LogP contribution in [0.5, 0.6) is 5.75 Å². The van der Waals surface area contributed by atoms with E-state index in [1.165, 1.54) is 5.56 Å². The van der Waals surface area contributed by atoms with Crippen molar-refractivity contribution in [1.82, 2.24) is 0 Å². The summed E-state index contributed by atoms with van der Waals surface area (Å²) in [6, 6.07) is 15.8. The Balaban J connectivity index is 2.05. The molecule has 0 radical (unpaired) electrons. The molecule has 2 aromatic carbocycles. The van der Waals surface area contributed by atoms with Gasteiger partial charge in [0.25, 0.3) is 5.91 Å². The molecule has 0 heterocycles. The third kappa shape index (κ3) is 5.03. The molecule has 4 heteroatoms. The lowest BCUT2D eigenvalue weighted by molar-refractivity contribution is -0.122. The monoisotopic (exact) mass is 343 g/mol. The normalized spacial score (nSPS) is 11.8. The summed E-state index contributed by atoms with van der Waals surface area (Å²) in [7, 11) is 0. The summed E-state index contributed by atoms with van der Waals surface area (Å²) in [4.78, 5) is 13.7. The number of nitrogens with one attached hydrogen (secondary N) is 1. The van der Waals surface area contributed by atoms with Crippen molar-refractivity contribution < 1.29 is 9.53 Å². The number of hydrogen-bond acceptors (Lipinski definition) is 3. The molecule has 24 heavy (non-hydrogen) atoms. The maximum atomic E-state index is 12.6. The highest BCUT2D eigenvalue weighted by molar-refractivity contribution is 7.99. The van der Waals surface area contributed by atoms with Gasteiger partial charge in [-0.3, -0.25) is 4.79 Å². The second kappa shape index (κ2) is 9.38. The van der Waals surface area contributed by atoms with E-state index < -0.39 is 6.10 Å². The first-order valence-corrected chi connectivity index (χ1v) is 9.44. The number of anilines is 1. The summed E-state index contributed by atoms with van der Waals surface area (Å²) in [5, 5.41) is 3.00. The van der Waals surface area contributed by atoms with Gasteiger partial charge in [-0.2, -0.15) is 0 Å². The summed E-state index contributed by atoms with van der Waals surface area (Å²) < 4.78 is 5.88. The van der Waals surface area contributed by atoms with Crippen molar-refractivity contribution in [2.45, 2.75) is 44.6 Å². The second-order valence-electron chi connectivity index (χ2n) is 5.43. The lowest BCUT2D eigenvalue weighted by Crippen LogP contribution is -2.32. The van der Waals surface area contributed by atoms with Gasteiger partial charge in [0.2, 0.25) is 0 Å². The predicted octanol–water partition coefficient (Wildman–Crippen LogP) is 5.16. The molecule has 3 nitrogen and oxygen atoms in total. The van der Waals surface area contributed by atoms with Crippen LogP contribution in [-0.2, 0) is 11.2 Å². The smallest absolute Gasteiger partial charge is 0.265 e. The van der Waals surface area contributed by atoms with Gasteiger partial charge in [0, 0.05) is 4.90 Å². The molecule has 0 unspecified atom stereocenters. The fourth-order valence-corrected chi connectivity index (χ4v) is 3.12. The largest absolute Gasteiger partial charge is 0.481 e. The van der Waals surface area contributed by atoms with Crippen LogP contribution in [0.4, 0.5) is 5.69 Å². The lowest BCUT2D eigenvalue weighted by atomic mass is 10.1. The first kappa shape index (κ1) is 18.4. The average molecular weight is 343 g/mol. The maximum absolute atomic E-state index is 12.6. The summed E-state index contributed by atoms with van der Waals surface area (Å²) in [5.41, 5.74) is 2.10. The van der Waals surface area contributed by atoms with Crippen molar-refractivity contribution in [2.24, 2.45) is 0 Å². The Morgan fingerprint density at radius 1 is 1.08 bits per heavy atom. The molecule has 0 saturated carbocycles. The van der Waals surface area contributed by atoms with Gasteiger partial charge in [0.1, 0.15) is 5.75 Å². The minimum atomic E-state index is -0.503. The molecule has 0 aliphatic rings. The van der Waals surface area contributed by atoms with Crippen molar-refractivity contribution >= 4 is 23.4 Å². The molecular formula is C20H25NO2S. The number of carbonyl (C=O) groups is 1. The van der Waals surface area contributed by atoms with Crippen molar-refractivity contribution in [3.8, 4) is 5.75 Å². The summed E-state index contributed by atoms with van der Waals surface area (Å²) in [6.07, 6.45) is 1.10. The van der Waals surface area contributed by atoms with Gasteiger partial charge in [-0.05, 0) is 48.4 Å². The number of carbonyl (C=O) groups excluding carboxylic acids is 1. The highest BCUT2D eigenvalue weighted by Gasteiger charge is 2.19. The van der Waals surface area contributed by atoms with Gasteiger partial charge < -0.3 is 10.1 Å². The number of thioether (sulfide) groups is 1. The van der Waals surface area contributed by atoms with Crippen LogP contribution in [0.25, 0.3) is 0 Å². The molecule has 1 atom stereocenters. The Morgan fingerprint density at radius 2 is 1.79 bits per heavy atom. The lowest BCUT2D eigenvalue weighted by Gasteiger charge is -2.18. The first-order chi connectivity index (χ1) is 11.7. The Kier molecular flexibility index (Phi) is 7.19. The summed E-state index contributed by atoms with van der Waals surface area (Å²) >= 11 is 1.72. The van der Waals surface area contributed by atoms with Crippen LogP contribution in [0, 0.1) is 0 Å². The van der Waals surface area contributed by atoms with E-state index in [4.69, 9.17) is 4.74 Å². The van der Waals surface area contributed by atoms with Crippen LogP contribution in [0.1, 0.15) is 32.8 Å². The van der Waals surface area contributed by atoms with Crippen LogP contribution in [0.3, 0.4) is 0 Å². The molecule has 2 rings (SSSR count). The molecule has 0 saturated heterocycles. The number of aryl methyl sites for hydroxylation is 1. The van der Waals surface area contributed by atoms with Gasteiger partial charge in [0.05, 0.1) is 5.69 Å². The molecular weight excluding hydrogens is 318 g/mol. The van der Waals surface area contributed by atoms with E-state index in [0.29, 0.717) is 6.42 Å². The standard InChI is InChI=1S/C20H25NO2S/c1-4-15-11-13-16(14-12-15)23-18(5-2)20(22)21-17-9-7-8-10-19(17)24-6-3/h7-14,18H,4-6H2,1-3H3,(H,21,22)/t18-/m0/s1. The van der Waals surface area contributed by atoms with E-state index in [9.17, 15) is 4.79 Å². The molecule has 0 aliphatic heterocycles. The topological polar surface area (TPSA) is 38.3 Å². The number of para-hydroxylation sites is 1. The fourth-order valence-electron chi connectivity index (χ4n) is 2.35. The van der Waals surface area contributed by atoms with E-state index in [1.807, 2.05) is 55.5 Å². The minimum absolute atomic E-state index is 0.110. The summed E-state index contributed by atoms with van der Waals surface area (Å²) in [6.45, 7) is 6.17. The van der Waals surface area contributed by atoms with Gasteiger partial charge in [0.15, 0.2) is 6.10 Å². The SMILES string of the molecule is CCSc1ccccc1NC(=O)[C@H](CC)Oc1ccc(CC)cc1. The van der Waals surface area contributed by atoms with E-state index >= 15 is 0 Å². The number of hydrogen-bond donors (Lipinski definition) is 1. The fraction of sp³-hybridized carbons (Fsp3) is 0.350. The van der Waals surface area contributed by atoms with Gasteiger partial charge in [-0.15, -0.1) is 11.8 Å². The van der Waals surface area contributed by atoms with Crippen molar-refractivity contribution in [2.75, 3.05) is 11.1 Å². The molecule has 0 bridgehead atoms. The zero-order chi connectivity index (χ0) is 17.4. The van der Waals surface area contributed by atoms with Crippen LogP contribution >= 0.6 is 11.8 Å². The maximum Gasteiger partial charge on any atom is 0.265 e. The third-order valence-electron chi connectivity index (χ3n) is 3.72. The van der Waals surface area contributed by atoms with Crippen LogP contribution < -0.4 is 10.1 Å². The van der Waals surface area contributed by atoms with Crippen LogP contribution in [0.2, 0.25) is 0 Å². The number of benzene rings is 2. The number of amides is 1. The first-order valence-electron chi connectivity index (χ1n) is 8.46. The molecule has 2 aromatic rings. The quantitative estimate of drug-likeness (QED) is 0.673. The highest BCUT2D eigenvalue weighted by atomic mass is 32.2. The zero-order valence-electron chi connectivity index (χ0n) is 14.5. The van der Waals surface area contributed by atoms with E-state index in [2.05, 4.69) is 19.2 Å². The molecule has 0 aromatic heterocycles. The number of ether oxygens (including phenoxy) is 1. The Hall–Kier alpha value is -1.94. The third-order valence-corrected chi connectivity index (χ3v) is 4.67. The molecule has 0 fully saturated rings. The number of rotatable bonds is 8. The Labute approximate surface area is 148 Å². The average Bonchev–Trinajstić information content (AvgIpc) is 2.62.